The quantitative estimate of drug-likeness (QED) is 0.600. The van der Waals surface area contributed by atoms with E-state index in [1.54, 1.807) is 43.2 Å². The predicted octanol–water partition coefficient (Wildman–Crippen LogP) is 0.682. The van der Waals surface area contributed by atoms with Crippen LogP contribution in [-0.2, 0) is 14.4 Å². The molecule has 0 bridgehead atoms. The van der Waals surface area contributed by atoms with Crippen LogP contribution in [0.3, 0.4) is 0 Å². The van der Waals surface area contributed by atoms with Gasteiger partial charge in [-0.05, 0) is 56.9 Å². The topological polar surface area (TPSA) is 102 Å². The van der Waals surface area contributed by atoms with Gasteiger partial charge < -0.3 is 25.0 Å². The highest BCUT2D eigenvalue weighted by atomic mass is 16.5. The number of rotatable bonds is 7. The molecule has 0 saturated carbocycles. The predicted molar refractivity (Wildman–Crippen MR) is 118 cm³/mol. The summed E-state index contributed by atoms with van der Waals surface area (Å²) in [5, 5.41) is 13.3. The third kappa shape index (κ3) is 4.06. The number of aliphatic hydroxyl groups excluding tert-OH is 1. The molecular weight excluding hydrogens is 412 g/mol. The van der Waals surface area contributed by atoms with E-state index in [4.69, 9.17) is 4.74 Å². The highest BCUT2D eigenvalue weighted by molar-refractivity contribution is 5.99. The van der Waals surface area contributed by atoms with E-state index < -0.39 is 17.7 Å². The van der Waals surface area contributed by atoms with Crippen LogP contribution in [0.25, 0.3) is 0 Å². The summed E-state index contributed by atoms with van der Waals surface area (Å²) in [5.41, 5.74) is -0.225. The number of aliphatic hydroxyl groups is 1. The molecule has 3 fully saturated rings. The van der Waals surface area contributed by atoms with Gasteiger partial charge in [-0.15, -0.1) is 0 Å². The standard InChI is InChI=1S/C23H32N4O5/c1-16(28)20(21(30)24-17-6-8-18(32-2)9-7-17)27-13-5-10-23(27)15-26(22(23)31)14-19(29)25-11-3-4-12-25/h6-9,16,20,28H,3-5,10-15H2,1-2H3,(H,24,30)/t16-,20+,23?/m0/s1. The van der Waals surface area contributed by atoms with Gasteiger partial charge in [-0.3, -0.25) is 19.3 Å². The molecule has 1 unspecified atom stereocenters. The zero-order valence-corrected chi connectivity index (χ0v) is 18.7. The number of anilines is 1. The lowest BCUT2D eigenvalue weighted by Gasteiger charge is -2.53. The van der Waals surface area contributed by atoms with Gasteiger partial charge in [0.25, 0.3) is 0 Å². The number of β-lactam (4-membered cyclic amide) rings is 1. The van der Waals surface area contributed by atoms with Crippen LogP contribution in [0.1, 0.15) is 32.6 Å². The third-order valence-corrected chi connectivity index (χ3v) is 6.88. The van der Waals surface area contributed by atoms with Gasteiger partial charge in [0, 0.05) is 31.9 Å². The summed E-state index contributed by atoms with van der Waals surface area (Å²) in [7, 11) is 1.57. The molecule has 2 N–H and O–H groups in total. The molecule has 1 aromatic rings. The number of benzene rings is 1. The molecule has 3 aliphatic rings. The van der Waals surface area contributed by atoms with E-state index in [-0.39, 0.29) is 24.3 Å². The monoisotopic (exact) mass is 444 g/mol. The van der Waals surface area contributed by atoms with E-state index in [9.17, 15) is 19.5 Å². The van der Waals surface area contributed by atoms with Crippen molar-refractivity contribution in [3.8, 4) is 5.75 Å². The van der Waals surface area contributed by atoms with Crippen molar-refractivity contribution < 1.29 is 24.2 Å². The average molecular weight is 445 g/mol. The largest absolute Gasteiger partial charge is 0.497 e. The molecule has 1 aromatic carbocycles. The van der Waals surface area contributed by atoms with Crippen LogP contribution in [0.4, 0.5) is 5.69 Å². The smallest absolute Gasteiger partial charge is 0.245 e. The number of hydrogen-bond acceptors (Lipinski definition) is 6. The molecule has 4 rings (SSSR count). The van der Waals surface area contributed by atoms with Crippen LogP contribution in [0.5, 0.6) is 5.75 Å². The summed E-state index contributed by atoms with van der Waals surface area (Å²) < 4.78 is 5.14. The van der Waals surface area contributed by atoms with Crippen molar-refractivity contribution in [3.63, 3.8) is 0 Å². The summed E-state index contributed by atoms with van der Waals surface area (Å²) in [6, 6.07) is 6.09. The van der Waals surface area contributed by atoms with Gasteiger partial charge in [0.15, 0.2) is 0 Å². The Morgan fingerprint density at radius 2 is 1.84 bits per heavy atom. The van der Waals surface area contributed by atoms with Gasteiger partial charge in [0.1, 0.15) is 17.3 Å². The minimum atomic E-state index is -0.962. The number of nitrogens with zero attached hydrogens (tertiary/aromatic N) is 3. The van der Waals surface area contributed by atoms with Gasteiger partial charge in [-0.25, -0.2) is 0 Å². The van der Waals surface area contributed by atoms with Crippen molar-refractivity contribution in [2.75, 3.05) is 45.2 Å². The summed E-state index contributed by atoms with van der Waals surface area (Å²) in [5.74, 6) is 0.188. The van der Waals surface area contributed by atoms with Crippen LogP contribution in [-0.4, -0.2) is 95.0 Å². The van der Waals surface area contributed by atoms with Crippen LogP contribution in [0, 0.1) is 0 Å². The number of methoxy groups -OCH3 is 1. The SMILES string of the molecule is COc1ccc(NC(=O)[C@@H]([C@H](C)O)N2CCCC23CN(CC(=O)N2CCCC2)C3=O)cc1. The molecule has 1 spiro atoms. The molecule has 32 heavy (non-hydrogen) atoms. The number of nitrogens with one attached hydrogen (secondary N) is 1. The molecule has 0 aliphatic carbocycles. The highest BCUT2D eigenvalue weighted by Crippen LogP contribution is 2.41. The molecule has 0 radical (unpaired) electrons. The fourth-order valence-corrected chi connectivity index (χ4v) is 5.23. The normalized spacial score (nSPS) is 25.0. The number of carbonyl (C=O) groups is 3. The summed E-state index contributed by atoms with van der Waals surface area (Å²) in [6.07, 6.45) is 2.45. The molecule has 3 saturated heterocycles. The maximum atomic E-state index is 13.2. The Labute approximate surface area is 188 Å². The van der Waals surface area contributed by atoms with Crippen molar-refractivity contribution in [2.45, 2.75) is 50.3 Å². The molecule has 9 heteroatoms. The van der Waals surface area contributed by atoms with Crippen molar-refractivity contribution in [1.29, 1.82) is 0 Å². The molecular formula is C23H32N4O5. The Morgan fingerprint density at radius 1 is 1.16 bits per heavy atom. The number of carbonyl (C=O) groups excluding carboxylic acids is 3. The lowest BCUT2D eigenvalue weighted by molar-refractivity contribution is -0.169. The molecule has 9 nitrogen and oxygen atoms in total. The van der Waals surface area contributed by atoms with Gasteiger partial charge in [0.2, 0.25) is 17.7 Å². The third-order valence-electron chi connectivity index (χ3n) is 6.88. The maximum Gasteiger partial charge on any atom is 0.245 e. The summed E-state index contributed by atoms with van der Waals surface area (Å²) in [4.78, 5) is 44.1. The zero-order chi connectivity index (χ0) is 22.9. The molecule has 3 heterocycles. The van der Waals surface area contributed by atoms with Crippen molar-refractivity contribution >= 4 is 23.4 Å². The number of amides is 3. The summed E-state index contributed by atoms with van der Waals surface area (Å²) >= 11 is 0. The van der Waals surface area contributed by atoms with E-state index in [2.05, 4.69) is 5.32 Å². The van der Waals surface area contributed by atoms with Crippen molar-refractivity contribution in [3.05, 3.63) is 24.3 Å². The highest BCUT2D eigenvalue weighted by Gasteiger charge is 2.61. The minimum Gasteiger partial charge on any atom is -0.497 e. The van der Waals surface area contributed by atoms with E-state index in [0.717, 1.165) is 32.4 Å². The second-order valence-corrected chi connectivity index (χ2v) is 8.98. The van der Waals surface area contributed by atoms with Crippen LogP contribution >= 0.6 is 0 Å². The number of ether oxygens (including phenoxy) is 1. The van der Waals surface area contributed by atoms with Gasteiger partial charge >= 0.3 is 0 Å². The van der Waals surface area contributed by atoms with E-state index in [1.165, 1.54) is 0 Å². The van der Waals surface area contributed by atoms with Gasteiger partial charge in [-0.1, -0.05) is 0 Å². The number of hydrogen-bond donors (Lipinski definition) is 2. The van der Waals surface area contributed by atoms with Crippen molar-refractivity contribution in [2.24, 2.45) is 0 Å². The van der Waals surface area contributed by atoms with E-state index >= 15 is 0 Å². The maximum absolute atomic E-state index is 13.2. The van der Waals surface area contributed by atoms with Gasteiger partial charge in [0.05, 0.1) is 19.8 Å². The number of likely N-dealkylation sites (tertiary alicyclic amines) is 3. The Bertz CT molecular complexity index is 868. The first kappa shape index (κ1) is 22.5. The first-order valence-electron chi connectivity index (χ1n) is 11.3. The Kier molecular flexibility index (Phi) is 6.39. The second kappa shape index (κ2) is 9.07. The first-order chi connectivity index (χ1) is 15.4. The lowest BCUT2D eigenvalue weighted by atomic mass is 9.84. The minimum absolute atomic E-state index is 0.0143. The lowest BCUT2D eigenvalue weighted by Crippen LogP contribution is -2.75. The van der Waals surface area contributed by atoms with Crippen LogP contribution in [0.15, 0.2) is 24.3 Å². The summed E-state index contributed by atoms with van der Waals surface area (Å²) in [6.45, 7) is 4.13. The van der Waals surface area contributed by atoms with Crippen LogP contribution < -0.4 is 10.1 Å². The van der Waals surface area contributed by atoms with Crippen molar-refractivity contribution in [1.82, 2.24) is 14.7 Å². The van der Waals surface area contributed by atoms with Crippen LogP contribution in [0.2, 0.25) is 0 Å². The first-order valence-corrected chi connectivity index (χ1v) is 11.3. The fourth-order valence-electron chi connectivity index (χ4n) is 5.23. The molecule has 3 aliphatic heterocycles. The Balaban J connectivity index is 1.44. The Morgan fingerprint density at radius 3 is 2.44 bits per heavy atom. The van der Waals surface area contributed by atoms with E-state index in [0.29, 0.717) is 30.9 Å². The molecule has 174 valence electrons. The molecule has 3 amide bonds. The zero-order valence-electron chi connectivity index (χ0n) is 18.7. The Hall–Kier alpha value is -2.65. The molecule has 0 aromatic heterocycles. The fraction of sp³-hybridized carbons (Fsp3) is 0.609. The van der Waals surface area contributed by atoms with E-state index in [1.807, 2.05) is 9.80 Å². The second-order valence-electron chi connectivity index (χ2n) is 8.98. The molecule has 3 atom stereocenters. The average Bonchev–Trinajstić information content (AvgIpc) is 3.45. The van der Waals surface area contributed by atoms with Gasteiger partial charge in [-0.2, -0.15) is 0 Å².